The van der Waals surface area contributed by atoms with Crippen molar-refractivity contribution in [3.63, 3.8) is 0 Å². The fourth-order valence-electron chi connectivity index (χ4n) is 5.61. The van der Waals surface area contributed by atoms with Crippen molar-refractivity contribution in [1.82, 2.24) is 10.2 Å². The molecular weight excluding hydrogens is 462 g/mol. The maximum absolute atomic E-state index is 13.0. The summed E-state index contributed by atoms with van der Waals surface area (Å²) in [6, 6.07) is 10.1. The van der Waals surface area contributed by atoms with E-state index in [1.807, 2.05) is 6.08 Å². The molecule has 7 nitrogen and oxygen atoms in total. The molecule has 0 heterocycles. The van der Waals surface area contributed by atoms with Crippen LogP contribution in [0.2, 0.25) is 0 Å². The molecule has 1 saturated carbocycles. The molecule has 204 valence electrons. The zero-order valence-corrected chi connectivity index (χ0v) is 23.6. The van der Waals surface area contributed by atoms with Crippen molar-refractivity contribution in [2.24, 2.45) is 4.99 Å². The Morgan fingerprint density at radius 1 is 0.946 bits per heavy atom. The van der Waals surface area contributed by atoms with E-state index in [1.54, 1.807) is 6.08 Å². The van der Waals surface area contributed by atoms with Crippen molar-refractivity contribution in [3.05, 3.63) is 47.8 Å². The molecule has 1 aromatic carbocycles. The van der Waals surface area contributed by atoms with Crippen LogP contribution in [0.3, 0.4) is 0 Å². The number of nitrogens with zero attached hydrogens (tertiary/aromatic N) is 3. The van der Waals surface area contributed by atoms with E-state index in [1.165, 1.54) is 5.69 Å². The second kappa shape index (κ2) is 13.8. The second-order valence-electron chi connectivity index (χ2n) is 10.6. The van der Waals surface area contributed by atoms with Crippen LogP contribution < -0.4 is 15.5 Å². The SMILES string of the molecule is CCN(c1ccc(NC2=CC(=NC3CCC(N(CC)C(C)C)CC3)C(=O)C=C2NCCO)cc1)C(C)C. The molecule has 7 heteroatoms. The third kappa shape index (κ3) is 7.68. The van der Waals surface area contributed by atoms with Gasteiger partial charge in [0.05, 0.1) is 24.0 Å². The number of nitrogens with one attached hydrogen (secondary N) is 2. The first-order valence-corrected chi connectivity index (χ1v) is 14.1. The molecule has 0 radical (unpaired) electrons. The Hall–Kier alpha value is -2.64. The quantitative estimate of drug-likeness (QED) is 0.353. The Bertz CT molecular complexity index is 972. The van der Waals surface area contributed by atoms with Crippen LogP contribution >= 0.6 is 0 Å². The van der Waals surface area contributed by atoms with Crippen LogP contribution in [-0.2, 0) is 4.79 Å². The summed E-state index contributed by atoms with van der Waals surface area (Å²) < 4.78 is 0. The van der Waals surface area contributed by atoms with E-state index in [0.29, 0.717) is 36.1 Å². The van der Waals surface area contributed by atoms with Crippen LogP contribution in [0, 0.1) is 0 Å². The minimum absolute atomic E-state index is 0.00902. The number of carbonyl (C=O) groups excluding carboxylic acids is 1. The van der Waals surface area contributed by atoms with Crippen LogP contribution in [0.1, 0.15) is 67.2 Å². The van der Waals surface area contributed by atoms with Gasteiger partial charge in [-0.15, -0.1) is 0 Å². The van der Waals surface area contributed by atoms with Crippen LogP contribution in [0.5, 0.6) is 0 Å². The van der Waals surface area contributed by atoms with Gasteiger partial charge in [0.2, 0.25) is 5.78 Å². The highest BCUT2D eigenvalue weighted by Gasteiger charge is 2.27. The lowest BCUT2D eigenvalue weighted by Gasteiger charge is -2.38. The van der Waals surface area contributed by atoms with Crippen molar-refractivity contribution in [3.8, 4) is 0 Å². The molecule has 0 aliphatic heterocycles. The lowest BCUT2D eigenvalue weighted by atomic mass is 9.89. The van der Waals surface area contributed by atoms with E-state index < -0.39 is 0 Å². The summed E-state index contributed by atoms with van der Waals surface area (Å²) >= 11 is 0. The molecule has 0 spiro atoms. The van der Waals surface area contributed by atoms with E-state index in [9.17, 15) is 9.90 Å². The van der Waals surface area contributed by atoms with Gasteiger partial charge < -0.3 is 20.6 Å². The molecule has 1 aromatic rings. The lowest BCUT2D eigenvalue weighted by molar-refractivity contribution is -0.108. The van der Waals surface area contributed by atoms with Gasteiger partial charge in [-0.25, -0.2) is 0 Å². The van der Waals surface area contributed by atoms with Crippen molar-refractivity contribution in [1.29, 1.82) is 0 Å². The molecule has 1 fully saturated rings. The van der Waals surface area contributed by atoms with Crippen molar-refractivity contribution >= 4 is 22.9 Å². The molecule has 0 aromatic heterocycles. The number of aliphatic imine (C=N–C) groups is 1. The second-order valence-corrected chi connectivity index (χ2v) is 10.6. The van der Waals surface area contributed by atoms with Crippen LogP contribution in [-0.4, -0.2) is 71.9 Å². The number of anilines is 2. The Morgan fingerprint density at radius 3 is 2.16 bits per heavy atom. The summed E-state index contributed by atoms with van der Waals surface area (Å²) in [5.41, 5.74) is 4.10. The van der Waals surface area contributed by atoms with Gasteiger partial charge in [-0.05, 0) is 97.2 Å². The predicted molar refractivity (Wildman–Crippen MR) is 155 cm³/mol. The van der Waals surface area contributed by atoms with Gasteiger partial charge in [0.1, 0.15) is 5.71 Å². The van der Waals surface area contributed by atoms with Crippen LogP contribution in [0.15, 0.2) is 52.8 Å². The van der Waals surface area contributed by atoms with Crippen molar-refractivity contribution in [2.75, 3.05) is 36.5 Å². The number of allylic oxidation sites excluding steroid dienone is 2. The Balaban J connectivity index is 1.76. The van der Waals surface area contributed by atoms with Gasteiger partial charge in [0, 0.05) is 48.7 Å². The standard InChI is InChI=1S/C30H47N5O2/c1-7-34(21(3)4)25-13-9-23(10-14-25)32-28-19-29(30(37)20-27(28)31-17-18-36)33-24-11-15-26(16-12-24)35(8-2)22(5)6/h9-10,13-14,19-22,24,26,31-32,36H,7-8,11-12,15-18H2,1-6H3. The number of hydrogen-bond donors (Lipinski definition) is 3. The molecule has 0 bridgehead atoms. The number of hydrogen-bond acceptors (Lipinski definition) is 7. The Morgan fingerprint density at radius 2 is 1.62 bits per heavy atom. The zero-order valence-electron chi connectivity index (χ0n) is 23.6. The summed E-state index contributed by atoms with van der Waals surface area (Å²) in [6.07, 6.45) is 7.71. The summed E-state index contributed by atoms with van der Waals surface area (Å²) in [5, 5.41) is 16.0. The number of benzene rings is 1. The largest absolute Gasteiger partial charge is 0.395 e. The highest BCUT2D eigenvalue weighted by Crippen LogP contribution is 2.28. The molecule has 2 aliphatic rings. The summed E-state index contributed by atoms with van der Waals surface area (Å²) in [7, 11) is 0. The molecule has 0 atom stereocenters. The number of ketones is 1. The first-order chi connectivity index (χ1) is 17.8. The van der Waals surface area contributed by atoms with E-state index in [4.69, 9.17) is 4.99 Å². The van der Waals surface area contributed by atoms with Gasteiger partial charge in [-0.1, -0.05) is 6.92 Å². The molecule has 3 N–H and O–H groups in total. The molecule has 37 heavy (non-hydrogen) atoms. The summed E-state index contributed by atoms with van der Waals surface area (Å²) in [5.74, 6) is -0.0867. The highest BCUT2D eigenvalue weighted by molar-refractivity contribution is 6.49. The lowest BCUT2D eigenvalue weighted by Crippen LogP contribution is -2.43. The third-order valence-corrected chi connectivity index (χ3v) is 7.45. The first-order valence-electron chi connectivity index (χ1n) is 14.1. The van der Waals surface area contributed by atoms with Gasteiger partial charge in [-0.2, -0.15) is 0 Å². The number of carbonyl (C=O) groups is 1. The van der Waals surface area contributed by atoms with Crippen molar-refractivity contribution < 1.29 is 9.90 Å². The number of aliphatic hydroxyl groups excluding tert-OH is 1. The Labute approximate surface area is 223 Å². The average Bonchev–Trinajstić information content (AvgIpc) is 2.87. The Kier molecular flexibility index (Phi) is 10.8. The van der Waals surface area contributed by atoms with Crippen LogP contribution in [0.4, 0.5) is 11.4 Å². The fraction of sp³-hybridized carbons (Fsp3) is 0.600. The molecule has 0 saturated heterocycles. The normalized spacial score (nSPS) is 21.5. The summed E-state index contributed by atoms with van der Waals surface area (Å²) in [4.78, 5) is 22.8. The minimum Gasteiger partial charge on any atom is -0.395 e. The van der Waals surface area contributed by atoms with E-state index >= 15 is 0 Å². The van der Waals surface area contributed by atoms with Crippen molar-refractivity contribution in [2.45, 2.75) is 91.4 Å². The van der Waals surface area contributed by atoms with E-state index in [2.05, 4.69) is 86.2 Å². The molecule has 0 unspecified atom stereocenters. The monoisotopic (exact) mass is 509 g/mol. The number of rotatable bonds is 12. The first kappa shape index (κ1) is 28.9. The predicted octanol–water partition coefficient (Wildman–Crippen LogP) is 4.75. The smallest absolute Gasteiger partial charge is 0.205 e. The van der Waals surface area contributed by atoms with Gasteiger partial charge in [-0.3, -0.25) is 14.7 Å². The highest BCUT2D eigenvalue weighted by atomic mass is 16.3. The maximum atomic E-state index is 13.0. The third-order valence-electron chi connectivity index (χ3n) is 7.45. The zero-order chi connectivity index (χ0) is 26.9. The summed E-state index contributed by atoms with van der Waals surface area (Å²) in [6.45, 7) is 15.7. The maximum Gasteiger partial charge on any atom is 0.205 e. The van der Waals surface area contributed by atoms with E-state index in [-0.39, 0.29) is 18.4 Å². The molecular formula is C30H47N5O2. The van der Waals surface area contributed by atoms with Crippen LogP contribution in [0.25, 0.3) is 0 Å². The molecule has 2 aliphatic carbocycles. The topological polar surface area (TPSA) is 80.2 Å². The van der Waals surface area contributed by atoms with Gasteiger partial charge in [0.25, 0.3) is 0 Å². The fourth-order valence-corrected chi connectivity index (χ4v) is 5.61. The molecule has 0 amide bonds. The van der Waals surface area contributed by atoms with Gasteiger partial charge >= 0.3 is 0 Å². The number of aliphatic hydroxyl groups is 1. The molecule has 3 rings (SSSR count). The van der Waals surface area contributed by atoms with Gasteiger partial charge in [0.15, 0.2) is 0 Å². The average molecular weight is 510 g/mol. The minimum atomic E-state index is -0.0867. The van der Waals surface area contributed by atoms with E-state index in [0.717, 1.165) is 50.2 Å².